The number of aliphatic hydroxyl groups is 1. The van der Waals surface area contributed by atoms with Crippen molar-refractivity contribution in [3.8, 4) is 0 Å². The minimum Gasteiger partial charge on any atom is -0.463 e. The highest BCUT2D eigenvalue weighted by Crippen LogP contribution is 2.66. The highest BCUT2D eigenvalue weighted by Gasteiger charge is 2.60. The molecule has 0 aliphatic heterocycles. The van der Waals surface area contributed by atoms with Crippen molar-refractivity contribution < 1.29 is 24.2 Å². The standard InChI is InChI=1S/C25H38O5/c1-15(29-16(2)27)21-7-8-22-20-6-5-18-13-19(30-17(3)28)9-12-25(18,14-26)23(20)10-11-24(21,22)4/h5,15,19-23,26H,6-14H2,1-4H3/t15?,19-,20-,21+,22-,23-,24+,25+/m0/s1. The second kappa shape index (κ2) is 7.96. The zero-order valence-electron chi connectivity index (χ0n) is 19.0. The van der Waals surface area contributed by atoms with Crippen LogP contribution < -0.4 is 0 Å². The number of carbonyl (C=O) groups is 2. The fourth-order valence-electron chi connectivity index (χ4n) is 8.21. The first-order valence-electron chi connectivity index (χ1n) is 11.9. The second-order valence-electron chi connectivity index (χ2n) is 10.7. The van der Waals surface area contributed by atoms with Gasteiger partial charge in [0.1, 0.15) is 12.2 Å². The predicted octanol–water partition coefficient (Wildman–Crippen LogP) is 4.42. The van der Waals surface area contributed by atoms with E-state index >= 15 is 0 Å². The summed E-state index contributed by atoms with van der Waals surface area (Å²) >= 11 is 0. The van der Waals surface area contributed by atoms with Crippen LogP contribution >= 0.6 is 0 Å². The number of aliphatic hydroxyl groups excluding tert-OH is 1. The van der Waals surface area contributed by atoms with Crippen molar-refractivity contribution in [1.82, 2.24) is 0 Å². The maximum Gasteiger partial charge on any atom is 0.302 e. The van der Waals surface area contributed by atoms with Gasteiger partial charge in [-0.1, -0.05) is 18.6 Å². The van der Waals surface area contributed by atoms with E-state index in [2.05, 4.69) is 19.9 Å². The molecule has 0 aromatic carbocycles. The summed E-state index contributed by atoms with van der Waals surface area (Å²) in [5, 5.41) is 10.6. The van der Waals surface area contributed by atoms with Gasteiger partial charge in [0.25, 0.3) is 0 Å². The van der Waals surface area contributed by atoms with Crippen LogP contribution in [0.4, 0.5) is 0 Å². The number of allylic oxidation sites excluding steroid dienone is 1. The van der Waals surface area contributed by atoms with Crippen molar-refractivity contribution in [2.45, 2.75) is 91.3 Å². The Morgan fingerprint density at radius 3 is 2.57 bits per heavy atom. The van der Waals surface area contributed by atoms with Crippen LogP contribution in [0.3, 0.4) is 0 Å². The van der Waals surface area contributed by atoms with E-state index in [0.29, 0.717) is 23.7 Å². The molecular formula is C25H38O5. The number of fused-ring (bicyclic) bond motifs is 5. The fraction of sp³-hybridized carbons (Fsp3) is 0.840. The lowest BCUT2D eigenvalue weighted by atomic mass is 9.47. The van der Waals surface area contributed by atoms with Crippen LogP contribution in [0.2, 0.25) is 0 Å². The zero-order chi connectivity index (χ0) is 21.7. The van der Waals surface area contributed by atoms with Crippen LogP contribution in [0.25, 0.3) is 0 Å². The summed E-state index contributed by atoms with van der Waals surface area (Å²) < 4.78 is 11.1. The van der Waals surface area contributed by atoms with Gasteiger partial charge in [0.2, 0.25) is 0 Å². The average molecular weight is 419 g/mol. The Morgan fingerprint density at radius 1 is 1.13 bits per heavy atom. The van der Waals surface area contributed by atoms with Crippen molar-refractivity contribution >= 4 is 11.9 Å². The molecule has 0 amide bonds. The first kappa shape index (κ1) is 21.9. The third-order valence-corrected chi connectivity index (χ3v) is 9.39. The quantitative estimate of drug-likeness (QED) is 0.540. The van der Waals surface area contributed by atoms with Gasteiger partial charge in [0, 0.05) is 31.6 Å². The fourth-order valence-corrected chi connectivity index (χ4v) is 8.21. The number of hydrogen-bond donors (Lipinski definition) is 1. The first-order valence-corrected chi connectivity index (χ1v) is 11.9. The maximum atomic E-state index is 11.5. The highest BCUT2D eigenvalue weighted by molar-refractivity contribution is 5.66. The summed E-state index contributed by atoms with van der Waals surface area (Å²) in [6, 6.07) is 0. The zero-order valence-corrected chi connectivity index (χ0v) is 19.0. The van der Waals surface area contributed by atoms with Crippen molar-refractivity contribution in [3.05, 3.63) is 11.6 Å². The van der Waals surface area contributed by atoms with Crippen molar-refractivity contribution in [2.75, 3.05) is 6.61 Å². The molecular weight excluding hydrogens is 380 g/mol. The Hall–Kier alpha value is -1.36. The Kier molecular flexibility index (Phi) is 5.80. The van der Waals surface area contributed by atoms with E-state index in [0.717, 1.165) is 44.9 Å². The van der Waals surface area contributed by atoms with E-state index in [4.69, 9.17) is 9.47 Å². The van der Waals surface area contributed by atoms with E-state index in [1.54, 1.807) is 0 Å². The molecule has 3 fully saturated rings. The molecule has 0 radical (unpaired) electrons. The van der Waals surface area contributed by atoms with Gasteiger partial charge in [-0.2, -0.15) is 0 Å². The molecule has 168 valence electrons. The number of ether oxygens (including phenoxy) is 2. The molecule has 5 heteroatoms. The van der Waals surface area contributed by atoms with Crippen molar-refractivity contribution in [2.24, 2.45) is 34.5 Å². The maximum absolute atomic E-state index is 11.5. The van der Waals surface area contributed by atoms with Gasteiger partial charge in [0.15, 0.2) is 0 Å². The van der Waals surface area contributed by atoms with Gasteiger partial charge in [-0.15, -0.1) is 0 Å². The van der Waals surface area contributed by atoms with Gasteiger partial charge in [-0.05, 0) is 75.0 Å². The highest BCUT2D eigenvalue weighted by atomic mass is 16.5. The Balaban J connectivity index is 1.57. The van der Waals surface area contributed by atoms with Gasteiger partial charge < -0.3 is 14.6 Å². The summed E-state index contributed by atoms with van der Waals surface area (Å²) in [7, 11) is 0. The lowest BCUT2D eigenvalue weighted by molar-refractivity contribution is -0.154. The number of hydrogen-bond acceptors (Lipinski definition) is 5. The monoisotopic (exact) mass is 418 g/mol. The summed E-state index contributed by atoms with van der Waals surface area (Å²) in [4.78, 5) is 23.0. The SMILES string of the molecule is CC(=O)OC(C)[C@H]1CC[C@H]2[C@@H]3CC=C4C[C@@H](OC(C)=O)CC[C@]4(CO)[C@H]3CC[C@]12C. The van der Waals surface area contributed by atoms with Crippen LogP contribution in [0, 0.1) is 34.5 Å². The molecule has 8 atom stereocenters. The second-order valence-corrected chi connectivity index (χ2v) is 10.7. The van der Waals surface area contributed by atoms with Crippen LogP contribution in [-0.2, 0) is 19.1 Å². The molecule has 0 aromatic heterocycles. The third-order valence-electron chi connectivity index (χ3n) is 9.39. The van der Waals surface area contributed by atoms with E-state index in [-0.39, 0.29) is 41.6 Å². The van der Waals surface area contributed by atoms with Crippen LogP contribution in [-0.4, -0.2) is 35.9 Å². The minimum absolute atomic E-state index is 0.0327. The summed E-state index contributed by atoms with van der Waals surface area (Å²) in [5.41, 5.74) is 1.39. The molecule has 5 nitrogen and oxygen atoms in total. The Labute approximate surface area is 180 Å². The van der Waals surface area contributed by atoms with E-state index in [1.165, 1.54) is 25.8 Å². The molecule has 1 unspecified atom stereocenters. The van der Waals surface area contributed by atoms with Gasteiger partial charge >= 0.3 is 11.9 Å². The van der Waals surface area contributed by atoms with E-state index < -0.39 is 0 Å². The largest absolute Gasteiger partial charge is 0.463 e. The molecule has 0 heterocycles. The first-order chi connectivity index (χ1) is 14.2. The molecule has 4 aliphatic carbocycles. The van der Waals surface area contributed by atoms with Gasteiger partial charge in [-0.3, -0.25) is 9.59 Å². The average Bonchev–Trinajstić information content (AvgIpc) is 3.04. The van der Waals surface area contributed by atoms with Crippen molar-refractivity contribution in [3.63, 3.8) is 0 Å². The molecule has 0 aromatic rings. The van der Waals surface area contributed by atoms with E-state index in [1.807, 2.05) is 0 Å². The lowest BCUT2D eigenvalue weighted by Gasteiger charge is -2.58. The number of rotatable bonds is 4. The van der Waals surface area contributed by atoms with Crippen LogP contribution in [0.15, 0.2) is 11.6 Å². The molecule has 3 saturated carbocycles. The molecule has 0 saturated heterocycles. The Bertz CT molecular complexity index is 729. The molecule has 4 rings (SSSR count). The molecule has 30 heavy (non-hydrogen) atoms. The topological polar surface area (TPSA) is 72.8 Å². The minimum atomic E-state index is -0.210. The number of esters is 2. The van der Waals surface area contributed by atoms with Crippen molar-refractivity contribution in [1.29, 1.82) is 0 Å². The normalized spacial score (nSPS) is 43.5. The number of carbonyl (C=O) groups excluding carboxylic acids is 2. The van der Waals surface area contributed by atoms with Gasteiger partial charge in [-0.25, -0.2) is 0 Å². The third kappa shape index (κ3) is 3.41. The summed E-state index contributed by atoms with van der Waals surface area (Å²) in [6.45, 7) is 7.68. The summed E-state index contributed by atoms with van der Waals surface area (Å²) in [5.74, 6) is 1.73. The molecule has 0 spiro atoms. The molecule has 0 bridgehead atoms. The predicted molar refractivity (Wildman–Crippen MR) is 113 cm³/mol. The molecule has 1 N–H and O–H groups in total. The Morgan fingerprint density at radius 2 is 1.90 bits per heavy atom. The smallest absolute Gasteiger partial charge is 0.302 e. The van der Waals surface area contributed by atoms with Crippen LogP contribution in [0.1, 0.15) is 79.1 Å². The van der Waals surface area contributed by atoms with E-state index in [9.17, 15) is 14.7 Å². The van der Waals surface area contributed by atoms with Gasteiger partial charge in [0.05, 0.1) is 6.61 Å². The summed E-state index contributed by atoms with van der Waals surface area (Å²) in [6.07, 6.45) is 10.5. The molecule has 4 aliphatic rings. The lowest BCUT2D eigenvalue weighted by Crippen LogP contribution is -2.53. The van der Waals surface area contributed by atoms with Crippen LogP contribution in [0.5, 0.6) is 0 Å².